The van der Waals surface area contributed by atoms with E-state index >= 15 is 0 Å². The third kappa shape index (κ3) is 2.50. The summed E-state index contributed by atoms with van der Waals surface area (Å²) in [6.07, 6.45) is 0.894. The molecule has 0 aliphatic carbocycles. The van der Waals surface area contributed by atoms with Gasteiger partial charge >= 0.3 is 0 Å². The van der Waals surface area contributed by atoms with Gasteiger partial charge in [0, 0.05) is 11.7 Å². The fourth-order valence-electron chi connectivity index (χ4n) is 1.54. The highest BCUT2D eigenvalue weighted by Gasteiger charge is 2.23. The van der Waals surface area contributed by atoms with E-state index in [1.165, 1.54) is 6.07 Å². The Bertz CT molecular complexity index is 363. The zero-order chi connectivity index (χ0) is 10.7. The van der Waals surface area contributed by atoms with Crippen LogP contribution < -0.4 is 5.32 Å². The molecule has 0 radical (unpaired) electrons. The van der Waals surface area contributed by atoms with Crippen LogP contribution in [0.3, 0.4) is 0 Å². The molecule has 2 rings (SSSR count). The molecule has 2 nitrogen and oxygen atoms in total. The average Bonchev–Trinajstić information content (AvgIpc) is 2.74. The number of hydrogen-bond donors (Lipinski definition) is 1. The minimum Gasteiger partial charge on any atom is -0.323 e. The topological polar surface area (TPSA) is 29.1 Å². The first-order valence-corrected chi connectivity index (χ1v) is 6.06. The van der Waals surface area contributed by atoms with Crippen LogP contribution in [-0.2, 0) is 4.79 Å². The zero-order valence-corrected chi connectivity index (χ0v) is 9.02. The second kappa shape index (κ2) is 4.66. The first kappa shape index (κ1) is 10.5. The number of thioether (sulfide) groups is 1. The highest BCUT2D eigenvalue weighted by Crippen LogP contribution is 2.25. The number of rotatable bonds is 2. The number of anilines is 1. The number of carbonyl (C=O) groups is 1. The molecule has 0 bridgehead atoms. The Morgan fingerprint density at radius 1 is 1.47 bits per heavy atom. The van der Waals surface area contributed by atoms with E-state index in [-0.39, 0.29) is 23.3 Å². The molecular formula is C11H12FNOS. The van der Waals surface area contributed by atoms with Crippen LogP contribution in [0.25, 0.3) is 0 Å². The van der Waals surface area contributed by atoms with E-state index in [1.54, 1.807) is 30.0 Å². The van der Waals surface area contributed by atoms with Crippen molar-refractivity contribution in [2.24, 2.45) is 5.92 Å². The van der Waals surface area contributed by atoms with Crippen molar-refractivity contribution < 1.29 is 9.18 Å². The molecule has 0 aromatic heterocycles. The van der Waals surface area contributed by atoms with Gasteiger partial charge in [0.15, 0.2) is 0 Å². The van der Waals surface area contributed by atoms with Crippen molar-refractivity contribution >= 4 is 23.4 Å². The van der Waals surface area contributed by atoms with Gasteiger partial charge in [0.05, 0.1) is 5.69 Å². The Kier molecular flexibility index (Phi) is 3.26. The first-order valence-electron chi connectivity index (χ1n) is 4.90. The van der Waals surface area contributed by atoms with Gasteiger partial charge in [0.25, 0.3) is 0 Å². The summed E-state index contributed by atoms with van der Waals surface area (Å²) < 4.78 is 13.2. The van der Waals surface area contributed by atoms with Crippen LogP contribution in [0.1, 0.15) is 6.42 Å². The Balaban J connectivity index is 2.02. The van der Waals surface area contributed by atoms with Crippen molar-refractivity contribution in [2.45, 2.75) is 6.42 Å². The van der Waals surface area contributed by atoms with Gasteiger partial charge in [0.1, 0.15) is 5.82 Å². The fraction of sp³-hybridized carbons (Fsp3) is 0.364. The van der Waals surface area contributed by atoms with Gasteiger partial charge in [-0.3, -0.25) is 4.79 Å². The van der Waals surface area contributed by atoms with Gasteiger partial charge in [-0.15, -0.1) is 0 Å². The smallest absolute Gasteiger partial charge is 0.228 e. The Morgan fingerprint density at radius 2 is 2.27 bits per heavy atom. The van der Waals surface area contributed by atoms with Crippen molar-refractivity contribution in [1.29, 1.82) is 0 Å². The van der Waals surface area contributed by atoms with Crippen LogP contribution in [0.4, 0.5) is 10.1 Å². The molecule has 0 saturated carbocycles. The van der Waals surface area contributed by atoms with E-state index < -0.39 is 0 Å². The largest absolute Gasteiger partial charge is 0.323 e. The lowest BCUT2D eigenvalue weighted by Crippen LogP contribution is -2.22. The summed E-state index contributed by atoms with van der Waals surface area (Å²) >= 11 is 1.77. The van der Waals surface area contributed by atoms with Crippen LogP contribution in [-0.4, -0.2) is 17.4 Å². The normalized spacial score (nSPS) is 20.2. The minimum atomic E-state index is -0.378. The summed E-state index contributed by atoms with van der Waals surface area (Å²) in [6, 6.07) is 6.24. The van der Waals surface area contributed by atoms with Crippen LogP contribution in [0, 0.1) is 11.7 Å². The molecular weight excluding hydrogens is 213 g/mol. The summed E-state index contributed by atoms with van der Waals surface area (Å²) in [5.41, 5.74) is 0.277. The molecule has 4 heteroatoms. The zero-order valence-electron chi connectivity index (χ0n) is 8.20. The lowest BCUT2D eigenvalue weighted by molar-refractivity contribution is -0.119. The summed E-state index contributed by atoms with van der Waals surface area (Å²) in [7, 11) is 0. The predicted octanol–water partition coefficient (Wildman–Crippen LogP) is 2.52. The van der Waals surface area contributed by atoms with Gasteiger partial charge in [0.2, 0.25) is 5.91 Å². The van der Waals surface area contributed by atoms with Gasteiger partial charge in [-0.1, -0.05) is 12.1 Å². The monoisotopic (exact) mass is 225 g/mol. The van der Waals surface area contributed by atoms with Gasteiger partial charge in [-0.05, 0) is 24.3 Å². The Morgan fingerprint density at radius 3 is 2.93 bits per heavy atom. The van der Waals surface area contributed by atoms with Crippen LogP contribution >= 0.6 is 11.8 Å². The molecule has 1 fully saturated rings. The predicted molar refractivity (Wildman–Crippen MR) is 60.5 cm³/mol. The maximum atomic E-state index is 13.2. The number of amides is 1. The van der Waals surface area contributed by atoms with E-state index in [9.17, 15) is 9.18 Å². The SMILES string of the molecule is O=C(Nc1ccccc1F)[C@@H]1CCSC1. The van der Waals surface area contributed by atoms with E-state index in [2.05, 4.69) is 5.32 Å². The lowest BCUT2D eigenvalue weighted by Gasteiger charge is -2.10. The van der Waals surface area contributed by atoms with Crippen molar-refractivity contribution in [1.82, 2.24) is 0 Å². The van der Waals surface area contributed by atoms with Gasteiger partial charge in [-0.25, -0.2) is 4.39 Å². The van der Waals surface area contributed by atoms with Crippen LogP contribution in [0.15, 0.2) is 24.3 Å². The van der Waals surface area contributed by atoms with Gasteiger partial charge < -0.3 is 5.32 Å². The number of para-hydroxylation sites is 1. The minimum absolute atomic E-state index is 0.0367. The number of carbonyl (C=O) groups excluding carboxylic acids is 1. The van der Waals surface area contributed by atoms with Crippen molar-refractivity contribution in [3.63, 3.8) is 0 Å². The molecule has 1 saturated heterocycles. The average molecular weight is 225 g/mol. The van der Waals surface area contributed by atoms with E-state index in [0.717, 1.165) is 17.9 Å². The second-order valence-corrected chi connectivity index (χ2v) is 4.68. The Labute approximate surface area is 92.3 Å². The number of benzene rings is 1. The third-order valence-electron chi connectivity index (χ3n) is 2.43. The molecule has 1 atom stereocenters. The standard InChI is InChI=1S/C11H12FNOS/c12-9-3-1-2-4-10(9)13-11(14)8-5-6-15-7-8/h1-4,8H,5-7H2,(H,13,14)/t8-/m1/s1. The molecule has 1 amide bonds. The number of hydrogen-bond acceptors (Lipinski definition) is 2. The molecule has 0 spiro atoms. The molecule has 1 aliphatic rings. The van der Waals surface area contributed by atoms with Crippen molar-refractivity contribution in [2.75, 3.05) is 16.8 Å². The quantitative estimate of drug-likeness (QED) is 0.838. The summed E-state index contributed by atoms with van der Waals surface area (Å²) in [6.45, 7) is 0. The van der Waals surface area contributed by atoms with Crippen LogP contribution in [0.5, 0.6) is 0 Å². The van der Waals surface area contributed by atoms with E-state index in [4.69, 9.17) is 0 Å². The van der Waals surface area contributed by atoms with Crippen molar-refractivity contribution in [3.05, 3.63) is 30.1 Å². The summed E-state index contributed by atoms with van der Waals surface area (Å²) in [5, 5.41) is 2.62. The number of halogens is 1. The lowest BCUT2D eigenvalue weighted by atomic mass is 10.1. The van der Waals surface area contributed by atoms with Crippen molar-refractivity contribution in [3.8, 4) is 0 Å². The molecule has 1 N–H and O–H groups in total. The number of nitrogens with one attached hydrogen (secondary N) is 1. The highest BCUT2D eigenvalue weighted by molar-refractivity contribution is 7.99. The highest BCUT2D eigenvalue weighted by atomic mass is 32.2. The third-order valence-corrected chi connectivity index (χ3v) is 3.59. The molecule has 1 aromatic rings. The summed E-state index contributed by atoms with van der Waals surface area (Å²) in [4.78, 5) is 11.7. The maximum Gasteiger partial charge on any atom is 0.228 e. The van der Waals surface area contributed by atoms with E-state index in [0.29, 0.717) is 0 Å². The summed E-state index contributed by atoms with van der Waals surface area (Å²) in [5.74, 6) is 1.46. The molecule has 1 heterocycles. The Hall–Kier alpha value is -1.03. The van der Waals surface area contributed by atoms with Crippen LogP contribution in [0.2, 0.25) is 0 Å². The molecule has 1 aliphatic heterocycles. The first-order chi connectivity index (χ1) is 7.27. The molecule has 15 heavy (non-hydrogen) atoms. The van der Waals surface area contributed by atoms with E-state index in [1.807, 2.05) is 0 Å². The maximum absolute atomic E-state index is 13.2. The fourth-order valence-corrected chi connectivity index (χ4v) is 2.76. The molecule has 1 aromatic carbocycles. The van der Waals surface area contributed by atoms with Gasteiger partial charge in [-0.2, -0.15) is 11.8 Å². The molecule has 0 unspecified atom stereocenters. The molecule has 80 valence electrons. The second-order valence-electron chi connectivity index (χ2n) is 3.53.